The number of carbonyl (C=O) groups excluding carboxylic acids is 1. The fourth-order valence-electron chi connectivity index (χ4n) is 1.67. The molecule has 3 N–H and O–H groups in total. The number of primary sulfonamides is 1. The highest BCUT2D eigenvalue weighted by molar-refractivity contribution is 7.89. The third kappa shape index (κ3) is 3.80. The topological polar surface area (TPSA) is 98.5 Å². The van der Waals surface area contributed by atoms with Crippen LogP contribution in [0.1, 0.15) is 10.4 Å². The molecule has 6 nitrogen and oxygen atoms in total. The van der Waals surface area contributed by atoms with Crippen molar-refractivity contribution in [2.24, 2.45) is 5.14 Å². The van der Waals surface area contributed by atoms with Crippen molar-refractivity contribution in [3.8, 4) is 5.75 Å². The standard InChI is InChI=1S/C14H14N2O4S/c1-20-12-6-4-11(5-7-12)16-14(17)10-2-8-13(9-3-10)21(15,18)19/h2-9H,1H3,(H,16,17)(H2,15,18,19). The summed E-state index contributed by atoms with van der Waals surface area (Å²) in [6.45, 7) is 0. The van der Waals surface area contributed by atoms with Gasteiger partial charge >= 0.3 is 0 Å². The fourth-order valence-corrected chi connectivity index (χ4v) is 2.19. The summed E-state index contributed by atoms with van der Waals surface area (Å²) in [5.74, 6) is 0.339. The van der Waals surface area contributed by atoms with Gasteiger partial charge in [0.15, 0.2) is 0 Å². The smallest absolute Gasteiger partial charge is 0.255 e. The number of nitrogens with one attached hydrogen (secondary N) is 1. The van der Waals surface area contributed by atoms with Gasteiger partial charge in [0.2, 0.25) is 10.0 Å². The molecular weight excluding hydrogens is 292 g/mol. The fraction of sp³-hybridized carbons (Fsp3) is 0.0714. The second-order valence-corrected chi connectivity index (χ2v) is 5.81. The minimum Gasteiger partial charge on any atom is -0.497 e. The molecule has 0 spiro atoms. The predicted octanol–water partition coefficient (Wildman–Crippen LogP) is 1.59. The maximum atomic E-state index is 12.0. The van der Waals surface area contributed by atoms with Crippen molar-refractivity contribution in [2.45, 2.75) is 4.90 Å². The largest absolute Gasteiger partial charge is 0.497 e. The second kappa shape index (κ2) is 5.94. The van der Waals surface area contributed by atoms with Crippen LogP contribution in [0.15, 0.2) is 53.4 Å². The summed E-state index contributed by atoms with van der Waals surface area (Å²) in [4.78, 5) is 12.0. The number of carbonyl (C=O) groups is 1. The molecule has 110 valence electrons. The van der Waals surface area contributed by atoms with E-state index >= 15 is 0 Å². The first-order valence-electron chi connectivity index (χ1n) is 5.98. The summed E-state index contributed by atoms with van der Waals surface area (Å²) in [5.41, 5.74) is 0.939. The maximum Gasteiger partial charge on any atom is 0.255 e. The van der Waals surface area contributed by atoms with Crippen LogP contribution in [0.4, 0.5) is 5.69 Å². The van der Waals surface area contributed by atoms with Crippen molar-refractivity contribution in [2.75, 3.05) is 12.4 Å². The molecule has 0 aliphatic rings. The van der Waals surface area contributed by atoms with Crippen LogP contribution in [0, 0.1) is 0 Å². The van der Waals surface area contributed by atoms with E-state index in [9.17, 15) is 13.2 Å². The van der Waals surface area contributed by atoms with Gasteiger partial charge in [-0.25, -0.2) is 13.6 Å². The number of hydrogen-bond acceptors (Lipinski definition) is 4. The lowest BCUT2D eigenvalue weighted by Crippen LogP contribution is -2.14. The molecule has 0 unspecified atom stereocenters. The first kappa shape index (κ1) is 15.0. The molecule has 0 fully saturated rings. The zero-order valence-electron chi connectivity index (χ0n) is 11.2. The molecule has 0 atom stereocenters. The average molecular weight is 306 g/mol. The van der Waals surface area contributed by atoms with Gasteiger partial charge in [0.05, 0.1) is 12.0 Å². The van der Waals surface area contributed by atoms with Crippen LogP contribution in [0.2, 0.25) is 0 Å². The Labute approximate surface area is 122 Å². The summed E-state index contributed by atoms with van der Waals surface area (Å²) >= 11 is 0. The Balaban J connectivity index is 2.12. The van der Waals surface area contributed by atoms with Crippen LogP contribution >= 0.6 is 0 Å². The van der Waals surface area contributed by atoms with E-state index in [1.165, 1.54) is 24.3 Å². The lowest BCUT2D eigenvalue weighted by atomic mass is 10.2. The number of rotatable bonds is 4. The Kier molecular flexibility index (Phi) is 4.25. The molecule has 7 heteroatoms. The van der Waals surface area contributed by atoms with Crippen LogP contribution in [-0.2, 0) is 10.0 Å². The first-order chi connectivity index (χ1) is 9.90. The number of hydrogen-bond donors (Lipinski definition) is 2. The van der Waals surface area contributed by atoms with Crippen LogP contribution in [0.3, 0.4) is 0 Å². The monoisotopic (exact) mass is 306 g/mol. The molecule has 0 saturated heterocycles. The van der Waals surface area contributed by atoms with E-state index in [0.717, 1.165) is 0 Å². The lowest BCUT2D eigenvalue weighted by molar-refractivity contribution is 0.102. The number of ether oxygens (including phenoxy) is 1. The normalized spacial score (nSPS) is 11.0. The minimum absolute atomic E-state index is 0.0384. The molecule has 0 aromatic heterocycles. The number of amides is 1. The van der Waals surface area contributed by atoms with Crippen molar-refractivity contribution in [1.29, 1.82) is 0 Å². The Hall–Kier alpha value is -2.38. The molecule has 0 heterocycles. The number of methoxy groups -OCH3 is 1. The molecule has 2 aromatic carbocycles. The third-order valence-electron chi connectivity index (χ3n) is 2.79. The van der Waals surface area contributed by atoms with E-state index in [2.05, 4.69) is 5.32 Å². The van der Waals surface area contributed by atoms with E-state index in [0.29, 0.717) is 17.0 Å². The minimum atomic E-state index is -3.76. The summed E-state index contributed by atoms with van der Waals surface area (Å²) < 4.78 is 27.3. The highest BCUT2D eigenvalue weighted by atomic mass is 32.2. The van der Waals surface area contributed by atoms with Crippen molar-refractivity contribution in [1.82, 2.24) is 0 Å². The van der Waals surface area contributed by atoms with Crippen molar-refractivity contribution in [3.05, 3.63) is 54.1 Å². The van der Waals surface area contributed by atoms with Gasteiger partial charge < -0.3 is 10.1 Å². The van der Waals surface area contributed by atoms with Crippen molar-refractivity contribution in [3.63, 3.8) is 0 Å². The van der Waals surface area contributed by atoms with Crippen LogP contribution in [0.25, 0.3) is 0 Å². The Morgan fingerprint density at radius 2 is 1.62 bits per heavy atom. The number of nitrogens with two attached hydrogens (primary N) is 1. The Morgan fingerprint density at radius 1 is 1.05 bits per heavy atom. The number of benzene rings is 2. The van der Waals surface area contributed by atoms with Gasteiger partial charge in [-0.15, -0.1) is 0 Å². The molecule has 2 aromatic rings. The molecule has 0 saturated carbocycles. The summed E-state index contributed by atoms with van der Waals surface area (Å²) in [5, 5.41) is 7.69. The quantitative estimate of drug-likeness (QED) is 0.896. The lowest BCUT2D eigenvalue weighted by Gasteiger charge is -2.07. The highest BCUT2D eigenvalue weighted by Gasteiger charge is 2.10. The predicted molar refractivity (Wildman–Crippen MR) is 78.8 cm³/mol. The third-order valence-corrected chi connectivity index (χ3v) is 3.72. The number of sulfonamides is 1. The molecule has 0 aliphatic heterocycles. The molecule has 21 heavy (non-hydrogen) atoms. The van der Waals surface area contributed by atoms with Gasteiger partial charge in [-0.05, 0) is 48.5 Å². The zero-order valence-corrected chi connectivity index (χ0v) is 12.1. The summed E-state index contributed by atoms with van der Waals surface area (Å²) in [6, 6.07) is 12.2. The molecule has 2 rings (SSSR count). The molecule has 0 bridgehead atoms. The van der Waals surface area contributed by atoms with Gasteiger partial charge in [0, 0.05) is 11.3 Å². The van der Waals surface area contributed by atoms with Crippen molar-refractivity contribution < 1.29 is 17.9 Å². The zero-order chi connectivity index (χ0) is 15.5. The van der Waals surface area contributed by atoms with Gasteiger partial charge in [-0.1, -0.05) is 0 Å². The maximum absolute atomic E-state index is 12.0. The van der Waals surface area contributed by atoms with Crippen LogP contribution < -0.4 is 15.2 Å². The van der Waals surface area contributed by atoms with E-state index in [-0.39, 0.29) is 10.8 Å². The van der Waals surface area contributed by atoms with Crippen LogP contribution in [-0.4, -0.2) is 21.4 Å². The van der Waals surface area contributed by atoms with E-state index in [1.54, 1.807) is 31.4 Å². The SMILES string of the molecule is COc1ccc(NC(=O)c2ccc(S(N)(=O)=O)cc2)cc1. The Bertz CT molecular complexity index is 738. The highest BCUT2D eigenvalue weighted by Crippen LogP contribution is 2.16. The summed E-state index contributed by atoms with van der Waals surface area (Å²) in [6.07, 6.45) is 0. The van der Waals surface area contributed by atoms with Crippen LogP contribution in [0.5, 0.6) is 5.75 Å². The van der Waals surface area contributed by atoms with E-state index < -0.39 is 10.0 Å². The first-order valence-corrected chi connectivity index (χ1v) is 7.53. The van der Waals surface area contributed by atoms with Gasteiger partial charge in [0.25, 0.3) is 5.91 Å². The second-order valence-electron chi connectivity index (χ2n) is 4.25. The van der Waals surface area contributed by atoms with E-state index in [4.69, 9.17) is 9.88 Å². The average Bonchev–Trinajstić information content (AvgIpc) is 2.47. The number of anilines is 1. The van der Waals surface area contributed by atoms with Gasteiger partial charge in [0.1, 0.15) is 5.75 Å². The Morgan fingerprint density at radius 3 is 2.10 bits per heavy atom. The molecule has 1 amide bonds. The van der Waals surface area contributed by atoms with Gasteiger partial charge in [-0.3, -0.25) is 4.79 Å². The molecular formula is C14H14N2O4S. The molecule has 0 radical (unpaired) electrons. The van der Waals surface area contributed by atoms with Gasteiger partial charge in [-0.2, -0.15) is 0 Å². The summed E-state index contributed by atoms with van der Waals surface area (Å²) in [7, 11) is -2.20. The van der Waals surface area contributed by atoms with E-state index in [1.807, 2.05) is 0 Å². The molecule has 0 aliphatic carbocycles. The van der Waals surface area contributed by atoms with Crippen molar-refractivity contribution >= 4 is 21.6 Å².